The van der Waals surface area contributed by atoms with Crippen molar-refractivity contribution in [1.82, 2.24) is 20.1 Å². The minimum absolute atomic E-state index is 0.00120. The standard InChI is InChI=1S/C20H17FN4O2S/c21-15-4-1-5-16-14(15)9-17(22-16)20(26)25-7-2-3-12(10-25)18-23-24-19(27-18)13-6-8-28-11-13/h1,4-6,8-9,11-12,22H,2-3,7,10H2/t12-/m1/s1. The molecule has 4 heterocycles. The number of H-pyrrole nitrogens is 1. The monoisotopic (exact) mass is 396 g/mol. The largest absolute Gasteiger partial charge is 0.420 e. The van der Waals surface area contributed by atoms with Crippen molar-refractivity contribution in [3.05, 3.63) is 58.5 Å². The van der Waals surface area contributed by atoms with Crippen molar-refractivity contribution in [3.8, 4) is 11.5 Å². The Labute approximate surface area is 164 Å². The summed E-state index contributed by atoms with van der Waals surface area (Å²) < 4.78 is 19.8. The number of carbonyl (C=O) groups is 1. The molecule has 1 aliphatic heterocycles. The fourth-order valence-electron chi connectivity index (χ4n) is 3.67. The average molecular weight is 396 g/mol. The van der Waals surface area contributed by atoms with Crippen LogP contribution in [0.3, 0.4) is 0 Å². The molecule has 3 aromatic heterocycles. The molecular weight excluding hydrogens is 379 g/mol. The third-order valence-corrected chi connectivity index (χ3v) is 5.79. The Morgan fingerprint density at radius 2 is 2.25 bits per heavy atom. The van der Waals surface area contributed by atoms with E-state index in [-0.39, 0.29) is 17.6 Å². The van der Waals surface area contributed by atoms with Crippen molar-refractivity contribution in [3.63, 3.8) is 0 Å². The van der Waals surface area contributed by atoms with Gasteiger partial charge in [-0.3, -0.25) is 4.79 Å². The summed E-state index contributed by atoms with van der Waals surface area (Å²) >= 11 is 1.57. The van der Waals surface area contributed by atoms with Gasteiger partial charge in [-0.1, -0.05) is 6.07 Å². The molecule has 1 saturated heterocycles. The Bertz CT molecular complexity index is 1130. The maximum absolute atomic E-state index is 13.9. The van der Waals surface area contributed by atoms with E-state index >= 15 is 0 Å². The molecular formula is C20H17FN4O2S. The summed E-state index contributed by atoms with van der Waals surface area (Å²) in [5.74, 6) is 0.583. The van der Waals surface area contributed by atoms with E-state index in [1.807, 2.05) is 16.8 Å². The summed E-state index contributed by atoms with van der Waals surface area (Å²) in [5.41, 5.74) is 1.92. The van der Waals surface area contributed by atoms with Gasteiger partial charge in [-0.15, -0.1) is 10.2 Å². The van der Waals surface area contributed by atoms with Gasteiger partial charge in [0.2, 0.25) is 11.8 Å². The van der Waals surface area contributed by atoms with Crippen LogP contribution >= 0.6 is 11.3 Å². The highest BCUT2D eigenvalue weighted by Gasteiger charge is 2.30. The number of piperidine rings is 1. The molecule has 1 amide bonds. The number of aromatic amines is 1. The average Bonchev–Trinajstić information content (AvgIpc) is 3.47. The number of amides is 1. The molecule has 0 saturated carbocycles. The number of hydrogen-bond donors (Lipinski definition) is 1. The summed E-state index contributed by atoms with van der Waals surface area (Å²) in [6.45, 7) is 1.15. The molecule has 0 spiro atoms. The molecule has 142 valence electrons. The lowest BCUT2D eigenvalue weighted by Gasteiger charge is -2.30. The summed E-state index contributed by atoms with van der Waals surface area (Å²) in [6.07, 6.45) is 1.73. The molecule has 6 nitrogen and oxygen atoms in total. The van der Waals surface area contributed by atoms with Crippen molar-refractivity contribution in [2.45, 2.75) is 18.8 Å². The first-order valence-corrected chi connectivity index (χ1v) is 10.1. The fourth-order valence-corrected chi connectivity index (χ4v) is 4.30. The molecule has 0 bridgehead atoms. The normalized spacial score (nSPS) is 17.3. The zero-order chi connectivity index (χ0) is 19.1. The van der Waals surface area contributed by atoms with Gasteiger partial charge in [0.1, 0.15) is 11.5 Å². The smallest absolute Gasteiger partial charge is 0.270 e. The molecule has 8 heteroatoms. The van der Waals surface area contributed by atoms with Gasteiger partial charge >= 0.3 is 0 Å². The SMILES string of the molecule is O=C(c1cc2c(F)cccc2[nH]1)N1CCC[C@@H](c2nnc(-c3ccsc3)o2)C1. The van der Waals surface area contributed by atoms with Crippen molar-refractivity contribution in [2.75, 3.05) is 13.1 Å². The number of carbonyl (C=O) groups excluding carboxylic acids is 1. The van der Waals surface area contributed by atoms with Crippen molar-refractivity contribution in [2.24, 2.45) is 0 Å². The summed E-state index contributed by atoms with van der Waals surface area (Å²) in [4.78, 5) is 17.8. The number of nitrogens with one attached hydrogen (secondary N) is 1. The number of benzene rings is 1. The Hall–Kier alpha value is -3.00. The maximum Gasteiger partial charge on any atom is 0.270 e. The van der Waals surface area contributed by atoms with Crippen LogP contribution in [-0.2, 0) is 0 Å². The molecule has 1 atom stereocenters. The van der Waals surface area contributed by atoms with Crippen LogP contribution in [0, 0.1) is 5.82 Å². The molecule has 5 rings (SSSR count). The van der Waals surface area contributed by atoms with Crippen LogP contribution in [0.25, 0.3) is 22.4 Å². The lowest BCUT2D eigenvalue weighted by atomic mass is 9.98. The van der Waals surface area contributed by atoms with Gasteiger partial charge in [-0.05, 0) is 42.5 Å². The van der Waals surface area contributed by atoms with E-state index in [2.05, 4.69) is 15.2 Å². The van der Waals surface area contributed by atoms with Crippen LogP contribution in [-0.4, -0.2) is 39.1 Å². The van der Waals surface area contributed by atoms with Crippen LogP contribution in [0.1, 0.15) is 35.1 Å². The number of hydrogen-bond acceptors (Lipinski definition) is 5. The summed E-state index contributed by atoms with van der Waals surface area (Å²) in [6, 6.07) is 8.30. The van der Waals surface area contributed by atoms with Crippen LogP contribution in [0.4, 0.5) is 4.39 Å². The first-order chi connectivity index (χ1) is 13.7. The summed E-state index contributed by atoms with van der Waals surface area (Å²) in [5, 5.41) is 12.7. The Morgan fingerprint density at radius 3 is 3.07 bits per heavy atom. The van der Waals surface area contributed by atoms with Gasteiger partial charge in [0.25, 0.3) is 5.91 Å². The van der Waals surface area contributed by atoms with Gasteiger partial charge in [0.15, 0.2) is 0 Å². The quantitative estimate of drug-likeness (QED) is 0.556. The Kier molecular flexibility index (Phi) is 4.20. The number of rotatable bonds is 3. The zero-order valence-corrected chi connectivity index (χ0v) is 15.7. The van der Waals surface area contributed by atoms with E-state index in [9.17, 15) is 9.18 Å². The number of fused-ring (bicyclic) bond motifs is 1. The highest BCUT2D eigenvalue weighted by atomic mass is 32.1. The highest BCUT2D eigenvalue weighted by molar-refractivity contribution is 7.08. The molecule has 0 aliphatic carbocycles. The minimum Gasteiger partial charge on any atom is -0.420 e. The van der Waals surface area contributed by atoms with Crippen LogP contribution in [0.2, 0.25) is 0 Å². The Morgan fingerprint density at radius 1 is 1.32 bits per heavy atom. The predicted molar refractivity (Wildman–Crippen MR) is 104 cm³/mol. The number of thiophene rings is 1. The van der Waals surface area contributed by atoms with E-state index in [1.165, 1.54) is 6.07 Å². The molecule has 1 aromatic carbocycles. The lowest BCUT2D eigenvalue weighted by Crippen LogP contribution is -2.39. The van der Waals surface area contributed by atoms with Crippen molar-refractivity contribution >= 4 is 28.1 Å². The third-order valence-electron chi connectivity index (χ3n) is 5.11. The third kappa shape index (κ3) is 2.99. The summed E-state index contributed by atoms with van der Waals surface area (Å²) in [7, 11) is 0. The van der Waals surface area contributed by atoms with Crippen LogP contribution in [0.5, 0.6) is 0 Å². The van der Waals surface area contributed by atoms with Crippen molar-refractivity contribution in [1.29, 1.82) is 0 Å². The topological polar surface area (TPSA) is 75.0 Å². The molecule has 0 radical (unpaired) electrons. The van der Waals surface area contributed by atoms with E-state index in [0.717, 1.165) is 18.4 Å². The molecule has 4 aromatic rings. The number of halogens is 1. The van der Waals surface area contributed by atoms with Gasteiger partial charge in [-0.2, -0.15) is 11.3 Å². The van der Waals surface area contributed by atoms with Crippen LogP contribution in [0.15, 0.2) is 45.5 Å². The molecule has 0 unspecified atom stereocenters. The predicted octanol–water partition coefficient (Wildman–Crippen LogP) is 4.44. The fraction of sp³-hybridized carbons (Fsp3) is 0.250. The van der Waals surface area contributed by atoms with Gasteiger partial charge < -0.3 is 14.3 Å². The minimum atomic E-state index is -0.337. The lowest BCUT2D eigenvalue weighted by molar-refractivity contribution is 0.0693. The molecule has 1 fully saturated rings. The highest BCUT2D eigenvalue weighted by Crippen LogP contribution is 2.30. The number of aromatic nitrogens is 3. The van der Waals surface area contributed by atoms with E-state index in [0.29, 0.717) is 41.5 Å². The Balaban J connectivity index is 1.36. The number of likely N-dealkylation sites (tertiary alicyclic amines) is 1. The molecule has 28 heavy (non-hydrogen) atoms. The zero-order valence-electron chi connectivity index (χ0n) is 14.9. The first kappa shape index (κ1) is 17.1. The van der Waals surface area contributed by atoms with Crippen LogP contribution < -0.4 is 0 Å². The second kappa shape index (κ2) is 6.87. The maximum atomic E-state index is 13.9. The molecule has 1 aliphatic rings. The van der Waals surface area contributed by atoms with E-state index in [4.69, 9.17) is 4.42 Å². The van der Waals surface area contributed by atoms with Gasteiger partial charge in [0, 0.05) is 34.9 Å². The van der Waals surface area contributed by atoms with E-state index < -0.39 is 0 Å². The second-order valence-corrected chi connectivity index (χ2v) is 7.71. The van der Waals surface area contributed by atoms with Gasteiger partial charge in [-0.25, -0.2) is 4.39 Å². The number of nitrogens with zero attached hydrogens (tertiary/aromatic N) is 3. The molecule has 1 N–H and O–H groups in total. The van der Waals surface area contributed by atoms with Gasteiger partial charge in [0.05, 0.1) is 5.92 Å². The second-order valence-electron chi connectivity index (χ2n) is 6.93. The first-order valence-electron chi connectivity index (χ1n) is 9.11. The van der Waals surface area contributed by atoms with Crippen molar-refractivity contribution < 1.29 is 13.6 Å². The van der Waals surface area contributed by atoms with E-state index in [1.54, 1.807) is 34.4 Å².